The van der Waals surface area contributed by atoms with Crippen LogP contribution in [0.2, 0.25) is 0 Å². The number of hydrogen-bond acceptors (Lipinski definition) is 8. The Labute approximate surface area is 199 Å². The zero-order chi connectivity index (χ0) is 23.8. The second-order valence-electron chi connectivity index (χ2n) is 7.75. The van der Waals surface area contributed by atoms with E-state index in [-0.39, 0.29) is 5.97 Å². The molecule has 0 spiro atoms. The van der Waals surface area contributed by atoms with Crippen molar-refractivity contribution < 1.29 is 14.3 Å². The fourth-order valence-electron chi connectivity index (χ4n) is 3.47. The lowest BCUT2D eigenvalue weighted by atomic mass is 10.2. The molecule has 1 heterocycles. The summed E-state index contributed by atoms with van der Waals surface area (Å²) in [6, 6.07) is 20.5. The van der Waals surface area contributed by atoms with Crippen LogP contribution in [0.4, 0.5) is 28.4 Å². The minimum Gasteiger partial charge on any atom is -0.462 e. The monoisotopic (exact) mass is 457 g/mol. The molecule has 0 atom stereocenters. The van der Waals surface area contributed by atoms with E-state index in [1.165, 1.54) is 5.69 Å². The molecule has 0 bridgehead atoms. The molecule has 0 amide bonds. The number of azo groups is 2. The largest absolute Gasteiger partial charge is 0.462 e. The first kappa shape index (κ1) is 23.3. The zero-order valence-corrected chi connectivity index (χ0v) is 19.3. The van der Waals surface area contributed by atoms with Crippen LogP contribution in [0.15, 0.2) is 87.2 Å². The highest BCUT2D eigenvalue weighted by atomic mass is 16.5. The van der Waals surface area contributed by atoms with Crippen LogP contribution in [0, 0.1) is 6.92 Å². The summed E-state index contributed by atoms with van der Waals surface area (Å²) in [5, 5.41) is 17.3. The standard InChI is InChI=1S/C26H27N5O3/c1-3-34-26(32)20-4-6-21(7-5-20)27-29-23-10-13-25(19(2)18-23)30-28-22-8-11-24(12-9-22)31-14-16-33-17-15-31/h4-13,18H,3,14-17H2,1-2H3/b29-27+,30-28+. The number of rotatable bonds is 7. The lowest BCUT2D eigenvalue weighted by Crippen LogP contribution is -2.36. The lowest BCUT2D eigenvalue weighted by molar-refractivity contribution is 0.0526. The van der Waals surface area contributed by atoms with Gasteiger partial charge in [-0.25, -0.2) is 4.79 Å². The van der Waals surface area contributed by atoms with Gasteiger partial charge >= 0.3 is 5.97 Å². The molecule has 3 aromatic rings. The van der Waals surface area contributed by atoms with Crippen LogP contribution in [0.25, 0.3) is 0 Å². The second kappa shape index (κ2) is 11.3. The van der Waals surface area contributed by atoms with Gasteiger partial charge in [-0.15, -0.1) is 0 Å². The van der Waals surface area contributed by atoms with Crippen LogP contribution >= 0.6 is 0 Å². The van der Waals surface area contributed by atoms with E-state index < -0.39 is 0 Å². The van der Waals surface area contributed by atoms with Crippen LogP contribution in [-0.2, 0) is 9.47 Å². The van der Waals surface area contributed by atoms with E-state index in [9.17, 15) is 4.79 Å². The van der Waals surface area contributed by atoms with E-state index in [0.717, 1.165) is 43.2 Å². The molecule has 0 unspecified atom stereocenters. The summed E-state index contributed by atoms with van der Waals surface area (Å²) < 4.78 is 10.4. The molecule has 0 aliphatic carbocycles. The topological polar surface area (TPSA) is 88.2 Å². The summed E-state index contributed by atoms with van der Waals surface area (Å²) in [5.74, 6) is -0.348. The fourth-order valence-corrected chi connectivity index (χ4v) is 3.47. The first-order chi connectivity index (χ1) is 16.6. The molecule has 1 aliphatic rings. The van der Waals surface area contributed by atoms with E-state index in [4.69, 9.17) is 9.47 Å². The van der Waals surface area contributed by atoms with Crippen molar-refractivity contribution in [3.8, 4) is 0 Å². The van der Waals surface area contributed by atoms with E-state index in [1.807, 2.05) is 37.3 Å². The first-order valence-electron chi connectivity index (χ1n) is 11.3. The number of carbonyl (C=O) groups is 1. The maximum absolute atomic E-state index is 11.7. The van der Waals surface area contributed by atoms with Crippen LogP contribution in [-0.4, -0.2) is 38.9 Å². The number of anilines is 1. The van der Waals surface area contributed by atoms with Gasteiger partial charge in [0.15, 0.2) is 0 Å². The van der Waals surface area contributed by atoms with Crippen LogP contribution in [0.5, 0.6) is 0 Å². The van der Waals surface area contributed by atoms with Crippen molar-refractivity contribution in [1.82, 2.24) is 0 Å². The number of hydrogen-bond donors (Lipinski definition) is 0. The molecule has 3 aromatic carbocycles. The van der Waals surface area contributed by atoms with E-state index in [1.54, 1.807) is 31.2 Å². The summed E-state index contributed by atoms with van der Waals surface area (Å²) in [7, 11) is 0. The summed E-state index contributed by atoms with van der Waals surface area (Å²) in [5.41, 5.74) is 5.53. The molecule has 8 nitrogen and oxygen atoms in total. The van der Waals surface area contributed by atoms with Gasteiger partial charge in [0, 0.05) is 18.8 Å². The molecule has 1 saturated heterocycles. The molecule has 1 aliphatic heterocycles. The quantitative estimate of drug-likeness (QED) is 0.287. The van der Waals surface area contributed by atoms with Crippen molar-refractivity contribution in [2.45, 2.75) is 13.8 Å². The number of carbonyl (C=O) groups excluding carboxylic acids is 1. The zero-order valence-electron chi connectivity index (χ0n) is 19.3. The number of benzene rings is 3. The second-order valence-corrected chi connectivity index (χ2v) is 7.75. The highest BCUT2D eigenvalue weighted by Gasteiger charge is 2.10. The van der Waals surface area contributed by atoms with Gasteiger partial charge in [0.1, 0.15) is 0 Å². The maximum atomic E-state index is 11.7. The minimum atomic E-state index is -0.348. The van der Waals surface area contributed by atoms with Crippen molar-refractivity contribution in [2.24, 2.45) is 20.5 Å². The average molecular weight is 458 g/mol. The number of morpholine rings is 1. The Balaban J connectivity index is 1.38. The van der Waals surface area contributed by atoms with Gasteiger partial charge in [-0.3, -0.25) is 0 Å². The molecule has 34 heavy (non-hydrogen) atoms. The molecular formula is C26H27N5O3. The van der Waals surface area contributed by atoms with Crippen molar-refractivity contribution >= 4 is 34.4 Å². The summed E-state index contributed by atoms with van der Waals surface area (Å²) >= 11 is 0. The minimum absolute atomic E-state index is 0.344. The van der Waals surface area contributed by atoms with Crippen molar-refractivity contribution in [3.63, 3.8) is 0 Å². The average Bonchev–Trinajstić information content (AvgIpc) is 2.88. The van der Waals surface area contributed by atoms with Crippen molar-refractivity contribution in [1.29, 1.82) is 0 Å². The Hall–Kier alpha value is -3.91. The van der Waals surface area contributed by atoms with Crippen LogP contribution < -0.4 is 4.90 Å². The molecule has 0 aromatic heterocycles. The number of aryl methyl sites for hydroxylation is 1. The van der Waals surface area contributed by atoms with Gasteiger partial charge in [0.05, 0.1) is 48.1 Å². The SMILES string of the molecule is CCOC(=O)c1ccc(/N=N/c2ccc(/N=N/c3ccc(N4CCOCC4)cc3)c(C)c2)cc1. The summed E-state index contributed by atoms with van der Waals surface area (Å²) in [6.45, 7) is 7.42. The van der Waals surface area contributed by atoms with Gasteiger partial charge in [-0.1, -0.05) is 0 Å². The van der Waals surface area contributed by atoms with E-state index in [2.05, 4.69) is 37.5 Å². The smallest absolute Gasteiger partial charge is 0.338 e. The lowest BCUT2D eigenvalue weighted by Gasteiger charge is -2.28. The number of ether oxygens (including phenoxy) is 2. The Morgan fingerprint density at radius 1 is 0.853 bits per heavy atom. The molecular weight excluding hydrogens is 430 g/mol. The van der Waals surface area contributed by atoms with Gasteiger partial charge in [-0.05, 0) is 86.1 Å². The summed E-state index contributed by atoms with van der Waals surface area (Å²) in [4.78, 5) is 14.0. The van der Waals surface area contributed by atoms with Gasteiger partial charge < -0.3 is 14.4 Å². The molecule has 1 fully saturated rings. The normalized spacial score (nSPS) is 14.1. The van der Waals surface area contributed by atoms with Gasteiger partial charge in [-0.2, -0.15) is 20.5 Å². The molecule has 0 N–H and O–H groups in total. The first-order valence-corrected chi connectivity index (χ1v) is 11.3. The number of nitrogens with zero attached hydrogens (tertiary/aromatic N) is 5. The Kier molecular flexibility index (Phi) is 7.72. The Bertz CT molecular complexity index is 1170. The van der Waals surface area contributed by atoms with Crippen LogP contribution in [0.1, 0.15) is 22.8 Å². The van der Waals surface area contributed by atoms with E-state index >= 15 is 0 Å². The van der Waals surface area contributed by atoms with Gasteiger partial charge in [0.2, 0.25) is 0 Å². The molecule has 8 heteroatoms. The third kappa shape index (κ3) is 6.11. The summed E-state index contributed by atoms with van der Waals surface area (Å²) in [6.07, 6.45) is 0. The van der Waals surface area contributed by atoms with Crippen molar-refractivity contribution in [3.05, 3.63) is 77.9 Å². The molecule has 4 rings (SSSR count). The highest BCUT2D eigenvalue weighted by Crippen LogP contribution is 2.28. The molecule has 0 radical (unpaired) electrons. The highest BCUT2D eigenvalue weighted by molar-refractivity contribution is 5.89. The predicted molar refractivity (Wildman–Crippen MR) is 131 cm³/mol. The third-order valence-corrected chi connectivity index (χ3v) is 5.34. The third-order valence-electron chi connectivity index (χ3n) is 5.34. The van der Waals surface area contributed by atoms with Crippen LogP contribution in [0.3, 0.4) is 0 Å². The van der Waals surface area contributed by atoms with E-state index in [0.29, 0.717) is 23.5 Å². The molecule has 0 saturated carbocycles. The van der Waals surface area contributed by atoms with Crippen molar-refractivity contribution in [2.75, 3.05) is 37.8 Å². The fraction of sp³-hybridized carbons (Fsp3) is 0.269. The Morgan fingerprint density at radius 2 is 1.44 bits per heavy atom. The maximum Gasteiger partial charge on any atom is 0.338 e. The Morgan fingerprint density at radius 3 is 2.09 bits per heavy atom. The predicted octanol–water partition coefficient (Wildman–Crippen LogP) is 6.84. The number of esters is 1. The van der Waals surface area contributed by atoms with Gasteiger partial charge in [0.25, 0.3) is 0 Å². The molecule has 174 valence electrons.